The molecule has 0 saturated heterocycles. The molecule has 2 atom stereocenters. The van der Waals surface area contributed by atoms with Crippen molar-refractivity contribution in [3.63, 3.8) is 0 Å². The molecule has 0 bridgehead atoms. The summed E-state index contributed by atoms with van der Waals surface area (Å²) >= 11 is 5.89. The molecule has 3 N–H and O–H groups in total. The Morgan fingerprint density at radius 2 is 2.31 bits per heavy atom. The molecule has 3 heteroatoms. The summed E-state index contributed by atoms with van der Waals surface area (Å²) in [5.41, 5.74) is 8.25. The van der Waals surface area contributed by atoms with E-state index in [0.29, 0.717) is 6.04 Å². The number of hydrogen-bond acceptors (Lipinski definition) is 2. The van der Waals surface area contributed by atoms with Gasteiger partial charge in [0, 0.05) is 22.8 Å². The van der Waals surface area contributed by atoms with Crippen molar-refractivity contribution >= 4 is 17.3 Å². The molecule has 0 amide bonds. The number of nitrogens with two attached hydrogens (primary N) is 1. The van der Waals surface area contributed by atoms with Gasteiger partial charge in [-0.3, -0.25) is 0 Å². The lowest BCUT2D eigenvalue weighted by Gasteiger charge is -2.29. The minimum absolute atomic E-state index is 0.142. The van der Waals surface area contributed by atoms with Gasteiger partial charge in [0.2, 0.25) is 0 Å². The monoisotopic (exact) mass is 196 g/mol. The van der Waals surface area contributed by atoms with Crippen molar-refractivity contribution in [1.29, 1.82) is 0 Å². The lowest BCUT2D eigenvalue weighted by atomic mass is 9.94. The number of benzene rings is 1. The SMILES string of the molecule is CC1CC(N)c2ccc(Cl)cc2N1. The van der Waals surface area contributed by atoms with E-state index < -0.39 is 0 Å². The maximum absolute atomic E-state index is 6.00. The molecule has 0 saturated carbocycles. The zero-order valence-electron chi connectivity index (χ0n) is 7.55. The Labute approximate surface area is 83.1 Å². The smallest absolute Gasteiger partial charge is 0.0426 e. The van der Waals surface area contributed by atoms with Crippen molar-refractivity contribution < 1.29 is 0 Å². The maximum Gasteiger partial charge on any atom is 0.0426 e. The van der Waals surface area contributed by atoms with Crippen LogP contribution in [0.2, 0.25) is 5.02 Å². The lowest BCUT2D eigenvalue weighted by Crippen LogP contribution is -2.29. The van der Waals surface area contributed by atoms with Gasteiger partial charge in [0.05, 0.1) is 0 Å². The van der Waals surface area contributed by atoms with Crippen LogP contribution in [-0.2, 0) is 0 Å². The molecular formula is C10H13ClN2. The highest BCUT2D eigenvalue weighted by Gasteiger charge is 2.20. The molecule has 0 aromatic heterocycles. The topological polar surface area (TPSA) is 38.0 Å². The molecule has 1 aromatic carbocycles. The first kappa shape index (κ1) is 8.85. The fourth-order valence-electron chi connectivity index (χ4n) is 1.81. The summed E-state index contributed by atoms with van der Waals surface area (Å²) in [7, 11) is 0. The molecule has 2 rings (SSSR count). The fraction of sp³-hybridized carbons (Fsp3) is 0.400. The number of fused-ring (bicyclic) bond motifs is 1. The predicted octanol–water partition coefficient (Wildman–Crippen LogP) is 2.54. The van der Waals surface area contributed by atoms with Crippen LogP contribution in [0.5, 0.6) is 0 Å². The summed E-state index contributed by atoms with van der Waals surface area (Å²) in [6.45, 7) is 2.13. The number of anilines is 1. The van der Waals surface area contributed by atoms with E-state index >= 15 is 0 Å². The molecule has 2 nitrogen and oxygen atoms in total. The van der Waals surface area contributed by atoms with Crippen LogP contribution in [0.4, 0.5) is 5.69 Å². The van der Waals surface area contributed by atoms with Crippen LogP contribution in [0.1, 0.15) is 24.9 Å². The minimum Gasteiger partial charge on any atom is -0.382 e. The zero-order valence-corrected chi connectivity index (χ0v) is 8.31. The van der Waals surface area contributed by atoms with Gasteiger partial charge in [-0.2, -0.15) is 0 Å². The van der Waals surface area contributed by atoms with Gasteiger partial charge in [0.1, 0.15) is 0 Å². The molecule has 1 aromatic rings. The Balaban J connectivity index is 2.43. The molecule has 70 valence electrons. The van der Waals surface area contributed by atoms with Gasteiger partial charge < -0.3 is 11.1 Å². The Bertz CT molecular complexity index is 325. The van der Waals surface area contributed by atoms with Gasteiger partial charge in [0.15, 0.2) is 0 Å². The summed E-state index contributed by atoms with van der Waals surface area (Å²) in [4.78, 5) is 0. The van der Waals surface area contributed by atoms with E-state index in [2.05, 4.69) is 12.2 Å². The quantitative estimate of drug-likeness (QED) is 0.670. The number of nitrogens with one attached hydrogen (secondary N) is 1. The van der Waals surface area contributed by atoms with Crippen molar-refractivity contribution in [2.24, 2.45) is 5.73 Å². The van der Waals surface area contributed by atoms with E-state index in [9.17, 15) is 0 Å². The second kappa shape index (κ2) is 3.20. The highest BCUT2D eigenvalue weighted by Crippen LogP contribution is 2.32. The van der Waals surface area contributed by atoms with E-state index in [1.165, 1.54) is 5.56 Å². The summed E-state index contributed by atoms with van der Waals surface area (Å²) in [5.74, 6) is 0. The van der Waals surface area contributed by atoms with Crippen molar-refractivity contribution in [1.82, 2.24) is 0 Å². The average Bonchev–Trinajstić information content (AvgIpc) is 2.02. The summed E-state index contributed by atoms with van der Waals surface area (Å²) in [5, 5.41) is 4.12. The number of rotatable bonds is 0. The average molecular weight is 197 g/mol. The molecule has 0 fully saturated rings. The Morgan fingerprint density at radius 1 is 1.54 bits per heavy atom. The van der Waals surface area contributed by atoms with Gasteiger partial charge in [-0.15, -0.1) is 0 Å². The molecule has 1 aliphatic heterocycles. The van der Waals surface area contributed by atoms with Crippen molar-refractivity contribution in [2.75, 3.05) is 5.32 Å². The van der Waals surface area contributed by atoms with E-state index in [0.717, 1.165) is 17.1 Å². The second-order valence-electron chi connectivity index (χ2n) is 3.62. The van der Waals surface area contributed by atoms with Crippen LogP contribution in [-0.4, -0.2) is 6.04 Å². The largest absolute Gasteiger partial charge is 0.382 e. The number of halogens is 1. The summed E-state index contributed by atoms with van der Waals surface area (Å²) in [6.07, 6.45) is 0.981. The fourth-order valence-corrected chi connectivity index (χ4v) is 1.98. The molecule has 1 aliphatic rings. The third kappa shape index (κ3) is 1.64. The van der Waals surface area contributed by atoms with E-state index in [1.807, 2.05) is 18.2 Å². The molecule has 2 unspecified atom stereocenters. The number of hydrogen-bond donors (Lipinski definition) is 2. The van der Waals surface area contributed by atoms with Crippen molar-refractivity contribution in [3.8, 4) is 0 Å². The van der Waals surface area contributed by atoms with Crippen LogP contribution in [0, 0.1) is 0 Å². The van der Waals surface area contributed by atoms with Gasteiger partial charge in [-0.25, -0.2) is 0 Å². The van der Waals surface area contributed by atoms with Crippen LogP contribution in [0.25, 0.3) is 0 Å². The molecule has 13 heavy (non-hydrogen) atoms. The van der Waals surface area contributed by atoms with Gasteiger partial charge in [0.25, 0.3) is 0 Å². The van der Waals surface area contributed by atoms with E-state index in [4.69, 9.17) is 17.3 Å². The third-order valence-electron chi connectivity index (χ3n) is 2.42. The normalized spacial score (nSPS) is 26.4. The first-order valence-corrected chi connectivity index (χ1v) is 4.86. The first-order chi connectivity index (χ1) is 6.16. The standard InChI is InChI=1S/C10H13ClN2/c1-6-4-9(12)8-3-2-7(11)5-10(8)13-6/h2-3,5-6,9,13H,4,12H2,1H3. The molecule has 0 radical (unpaired) electrons. The van der Waals surface area contributed by atoms with Crippen molar-refractivity contribution in [3.05, 3.63) is 28.8 Å². The summed E-state index contributed by atoms with van der Waals surface area (Å²) < 4.78 is 0. The summed E-state index contributed by atoms with van der Waals surface area (Å²) in [6, 6.07) is 6.40. The third-order valence-corrected chi connectivity index (χ3v) is 2.66. The Morgan fingerprint density at radius 3 is 3.08 bits per heavy atom. The van der Waals surface area contributed by atoms with E-state index in [1.54, 1.807) is 0 Å². The molecule has 0 aliphatic carbocycles. The zero-order chi connectivity index (χ0) is 9.42. The molecule has 0 spiro atoms. The predicted molar refractivity (Wildman–Crippen MR) is 56.1 cm³/mol. The van der Waals surface area contributed by atoms with Crippen LogP contribution in [0.15, 0.2) is 18.2 Å². The highest BCUT2D eigenvalue weighted by molar-refractivity contribution is 6.30. The van der Waals surface area contributed by atoms with Crippen LogP contribution in [0.3, 0.4) is 0 Å². The van der Waals surface area contributed by atoms with Gasteiger partial charge >= 0.3 is 0 Å². The second-order valence-corrected chi connectivity index (χ2v) is 4.06. The van der Waals surface area contributed by atoms with Gasteiger partial charge in [-0.05, 0) is 31.0 Å². The van der Waals surface area contributed by atoms with Crippen LogP contribution >= 0.6 is 11.6 Å². The molecule has 1 heterocycles. The Kier molecular flexibility index (Phi) is 2.18. The first-order valence-electron chi connectivity index (χ1n) is 4.48. The van der Waals surface area contributed by atoms with Crippen molar-refractivity contribution in [2.45, 2.75) is 25.4 Å². The Hall–Kier alpha value is -0.730. The minimum atomic E-state index is 0.142. The molecular weight excluding hydrogens is 184 g/mol. The van der Waals surface area contributed by atoms with Gasteiger partial charge in [-0.1, -0.05) is 17.7 Å². The van der Waals surface area contributed by atoms with E-state index in [-0.39, 0.29) is 6.04 Å². The lowest BCUT2D eigenvalue weighted by molar-refractivity contribution is 0.571. The van der Waals surface area contributed by atoms with Crippen LogP contribution < -0.4 is 11.1 Å². The maximum atomic E-state index is 6.00. The highest BCUT2D eigenvalue weighted by atomic mass is 35.5.